The van der Waals surface area contributed by atoms with Crippen LogP contribution < -0.4 is 10.1 Å². The number of para-hydroxylation sites is 1. The molecule has 1 aromatic carbocycles. The second kappa shape index (κ2) is 7.65. The zero-order valence-electron chi connectivity index (χ0n) is 13.1. The average Bonchev–Trinajstić information content (AvgIpc) is 2.49. The molecule has 0 aromatic heterocycles. The molecule has 1 N–H and O–H groups in total. The van der Waals surface area contributed by atoms with Gasteiger partial charge in [-0.25, -0.2) is 0 Å². The van der Waals surface area contributed by atoms with Crippen LogP contribution in [0.2, 0.25) is 0 Å². The molecule has 1 fully saturated rings. The summed E-state index contributed by atoms with van der Waals surface area (Å²) in [6, 6.07) is 9.00. The maximum Gasteiger partial charge on any atom is 0.123 e. The van der Waals surface area contributed by atoms with E-state index in [1.165, 1.54) is 31.5 Å². The van der Waals surface area contributed by atoms with Crippen molar-refractivity contribution in [1.29, 1.82) is 0 Å². The van der Waals surface area contributed by atoms with Gasteiger partial charge in [-0.05, 0) is 51.4 Å². The van der Waals surface area contributed by atoms with Crippen LogP contribution in [-0.4, -0.2) is 37.7 Å². The summed E-state index contributed by atoms with van der Waals surface area (Å²) in [5.74, 6) is 1.83. The Morgan fingerprint density at radius 3 is 2.65 bits per heavy atom. The first-order valence-electron chi connectivity index (χ1n) is 7.82. The third-order valence-electron chi connectivity index (χ3n) is 4.45. The van der Waals surface area contributed by atoms with Crippen LogP contribution in [0, 0.1) is 5.92 Å². The Labute approximate surface area is 123 Å². The minimum Gasteiger partial charge on any atom is -0.496 e. The number of hydrogen-bond donors (Lipinski definition) is 1. The molecule has 0 amide bonds. The molecule has 2 rings (SSSR count). The number of ether oxygens (including phenoxy) is 1. The van der Waals surface area contributed by atoms with E-state index in [1.54, 1.807) is 7.11 Å². The molecule has 20 heavy (non-hydrogen) atoms. The van der Waals surface area contributed by atoms with Gasteiger partial charge in [-0.2, -0.15) is 0 Å². The highest BCUT2D eigenvalue weighted by atomic mass is 16.5. The van der Waals surface area contributed by atoms with Gasteiger partial charge in [0.1, 0.15) is 5.75 Å². The number of benzene rings is 1. The SMILES string of the molecule is CCNC(C)C1CCN(Cc2ccccc2OC)CC1. The molecule has 1 saturated heterocycles. The second-order valence-electron chi connectivity index (χ2n) is 5.77. The number of rotatable bonds is 6. The second-order valence-corrected chi connectivity index (χ2v) is 5.77. The fourth-order valence-electron chi connectivity index (χ4n) is 3.17. The number of piperidine rings is 1. The molecule has 3 nitrogen and oxygen atoms in total. The number of nitrogens with one attached hydrogen (secondary N) is 1. The third kappa shape index (κ3) is 3.97. The molecule has 1 unspecified atom stereocenters. The maximum atomic E-state index is 5.44. The Kier molecular flexibility index (Phi) is 5.86. The summed E-state index contributed by atoms with van der Waals surface area (Å²) in [6.45, 7) is 8.98. The fraction of sp³-hybridized carbons (Fsp3) is 0.647. The van der Waals surface area contributed by atoms with Gasteiger partial charge >= 0.3 is 0 Å². The van der Waals surface area contributed by atoms with E-state index in [0.717, 1.165) is 24.8 Å². The van der Waals surface area contributed by atoms with Gasteiger partial charge in [-0.15, -0.1) is 0 Å². The van der Waals surface area contributed by atoms with E-state index in [9.17, 15) is 0 Å². The van der Waals surface area contributed by atoms with Crippen molar-refractivity contribution in [3.8, 4) is 5.75 Å². The normalized spacial score (nSPS) is 18.9. The van der Waals surface area contributed by atoms with Crippen molar-refractivity contribution in [1.82, 2.24) is 10.2 Å². The van der Waals surface area contributed by atoms with Crippen LogP contribution in [0.15, 0.2) is 24.3 Å². The minimum atomic E-state index is 0.647. The van der Waals surface area contributed by atoms with Crippen molar-refractivity contribution < 1.29 is 4.74 Å². The summed E-state index contributed by atoms with van der Waals surface area (Å²) < 4.78 is 5.44. The Bertz CT molecular complexity index is 400. The highest BCUT2D eigenvalue weighted by molar-refractivity contribution is 5.33. The Balaban J connectivity index is 1.85. The molecule has 112 valence electrons. The van der Waals surface area contributed by atoms with Crippen molar-refractivity contribution >= 4 is 0 Å². The van der Waals surface area contributed by atoms with Gasteiger partial charge in [-0.3, -0.25) is 4.90 Å². The zero-order chi connectivity index (χ0) is 14.4. The van der Waals surface area contributed by atoms with E-state index >= 15 is 0 Å². The molecule has 1 heterocycles. The molecule has 0 radical (unpaired) electrons. The average molecular weight is 276 g/mol. The lowest BCUT2D eigenvalue weighted by atomic mass is 9.90. The molecule has 1 aromatic rings. The Morgan fingerprint density at radius 1 is 1.30 bits per heavy atom. The van der Waals surface area contributed by atoms with E-state index in [4.69, 9.17) is 4.74 Å². The van der Waals surface area contributed by atoms with E-state index in [1.807, 2.05) is 6.07 Å². The third-order valence-corrected chi connectivity index (χ3v) is 4.45. The highest BCUT2D eigenvalue weighted by Crippen LogP contribution is 2.24. The van der Waals surface area contributed by atoms with Crippen molar-refractivity contribution in [2.75, 3.05) is 26.7 Å². The van der Waals surface area contributed by atoms with Crippen LogP contribution in [0.3, 0.4) is 0 Å². The van der Waals surface area contributed by atoms with Gasteiger partial charge in [0.2, 0.25) is 0 Å². The largest absolute Gasteiger partial charge is 0.496 e. The number of nitrogens with zero attached hydrogens (tertiary/aromatic N) is 1. The smallest absolute Gasteiger partial charge is 0.123 e. The summed E-state index contributed by atoms with van der Waals surface area (Å²) in [5, 5.41) is 3.56. The molecule has 0 bridgehead atoms. The van der Waals surface area contributed by atoms with Crippen LogP contribution in [-0.2, 0) is 6.54 Å². The molecular formula is C17H28N2O. The van der Waals surface area contributed by atoms with Crippen molar-refractivity contribution in [3.05, 3.63) is 29.8 Å². The summed E-state index contributed by atoms with van der Waals surface area (Å²) in [6.07, 6.45) is 2.59. The fourth-order valence-corrected chi connectivity index (χ4v) is 3.17. The van der Waals surface area contributed by atoms with Gasteiger partial charge in [0.25, 0.3) is 0 Å². The van der Waals surface area contributed by atoms with Crippen LogP contribution in [0.4, 0.5) is 0 Å². The van der Waals surface area contributed by atoms with Crippen LogP contribution in [0.1, 0.15) is 32.3 Å². The van der Waals surface area contributed by atoms with Crippen LogP contribution in [0.5, 0.6) is 5.75 Å². The molecule has 1 aliphatic rings. The molecule has 1 aliphatic heterocycles. The van der Waals surface area contributed by atoms with Crippen molar-refractivity contribution in [2.45, 2.75) is 39.3 Å². The first-order valence-corrected chi connectivity index (χ1v) is 7.82. The molecule has 0 aliphatic carbocycles. The quantitative estimate of drug-likeness (QED) is 0.864. The van der Waals surface area contributed by atoms with E-state index in [-0.39, 0.29) is 0 Å². The topological polar surface area (TPSA) is 24.5 Å². The summed E-state index contributed by atoms with van der Waals surface area (Å²) in [7, 11) is 1.75. The standard InChI is InChI=1S/C17H28N2O/c1-4-18-14(2)15-9-11-19(12-10-15)13-16-7-5-6-8-17(16)20-3/h5-8,14-15,18H,4,9-13H2,1-3H3. The van der Waals surface area contributed by atoms with Crippen molar-refractivity contribution in [3.63, 3.8) is 0 Å². The minimum absolute atomic E-state index is 0.647. The molecule has 0 spiro atoms. The number of likely N-dealkylation sites (tertiary alicyclic amines) is 1. The Hall–Kier alpha value is -1.06. The molecule has 0 saturated carbocycles. The summed E-state index contributed by atoms with van der Waals surface area (Å²) in [4.78, 5) is 2.55. The van der Waals surface area contributed by atoms with Crippen molar-refractivity contribution in [2.24, 2.45) is 5.92 Å². The van der Waals surface area contributed by atoms with Gasteiger partial charge < -0.3 is 10.1 Å². The first-order chi connectivity index (χ1) is 9.74. The van der Waals surface area contributed by atoms with E-state index in [0.29, 0.717) is 6.04 Å². The van der Waals surface area contributed by atoms with Gasteiger partial charge in [0.15, 0.2) is 0 Å². The Morgan fingerprint density at radius 2 is 2.00 bits per heavy atom. The first kappa shape index (κ1) is 15.3. The van der Waals surface area contributed by atoms with Gasteiger partial charge in [0.05, 0.1) is 7.11 Å². The lowest BCUT2D eigenvalue weighted by Crippen LogP contribution is -2.41. The lowest BCUT2D eigenvalue weighted by molar-refractivity contribution is 0.156. The van der Waals surface area contributed by atoms with Crippen LogP contribution >= 0.6 is 0 Å². The van der Waals surface area contributed by atoms with Gasteiger partial charge in [0, 0.05) is 18.2 Å². The van der Waals surface area contributed by atoms with Crippen LogP contribution in [0.25, 0.3) is 0 Å². The highest BCUT2D eigenvalue weighted by Gasteiger charge is 2.23. The molecule has 3 heteroatoms. The number of hydrogen-bond acceptors (Lipinski definition) is 3. The zero-order valence-corrected chi connectivity index (χ0v) is 13.1. The van der Waals surface area contributed by atoms with Gasteiger partial charge in [-0.1, -0.05) is 25.1 Å². The monoisotopic (exact) mass is 276 g/mol. The lowest BCUT2D eigenvalue weighted by Gasteiger charge is -2.35. The van der Waals surface area contributed by atoms with E-state index < -0.39 is 0 Å². The predicted molar refractivity (Wildman–Crippen MR) is 84.1 cm³/mol. The molecule has 1 atom stereocenters. The predicted octanol–water partition coefficient (Wildman–Crippen LogP) is 2.91. The molecular weight excluding hydrogens is 248 g/mol. The van der Waals surface area contributed by atoms with E-state index in [2.05, 4.69) is 42.3 Å². The summed E-state index contributed by atoms with van der Waals surface area (Å²) in [5.41, 5.74) is 1.30. The maximum absolute atomic E-state index is 5.44. The number of methoxy groups -OCH3 is 1. The summed E-state index contributed by atoms with van der Waals surface area (Å²) >= 11 is 0.